The molecule has 0 amide bonds. The molecule has 2 unspecified atom stereocenters. The quantitative estimate of drug-likeness (QED) is 0.732. The summed E-state index contributed by atoms with van der Waals surface area (Å²) in [5.41, 5.74) is 0. The summed E-state index contributed by atoms with van der Waals surface area (Å²) >= 11 is 2.02. The van der Waals surface area contributed by atoms with Gasteiger partial charge in [-0.3, -0.25) is 4.79 Å². The molecule has 15 heavy (non-hydrogen) atoms. The predicted octanol–water partition coefficient (Wildman–Crippen LogP) is 1.81. The Morgan fingerprint density at radius 2 is 2.40 bits per heavy atom. The van der Waals surface area contributed by atoms with Crippen molar-refractivity contribution in [3.8, 4) is 0 Å². The molecule has 0 bridgehead atoms. The Hall–Kier alpha value is -0.220. The van der Waals surface area contributed by atoms with Gasteiger partial charge >= 0.3 is 5.97 Å². The van der Waals surface area contributed by atoms with Crippen LogP contribution < -0.4 is 5.32 Å². The lowest BCUT2D eigenvalue weighted by atomic mass is 10.1. The number of carbonyl (C=O) groups excluding carboxylic acids is 1. The van der Waals surface area contributed by atoms with Crippen LogP contribution in [-0.4, -0.2) is 36.7 Å². The third kappa shape index (κ3) is 4.43. The minimum absolute atomic E-state index is 0.127. The van der Waals surface area contributed by atoms with Gasteiger partial charge in [-0.05, 0) is 25.0 Å². The number of ether oxygens (including phenoxy) is 1. The van der Waals surface area contributed by atoms with Crippen LogP contribution in [0, 0.1) is 0 Å². The highest BCUT2D eigenvalue weighted by molar-refractivity contribution is 7.99. The Morgan fingerprint density at radius 3 is 2.93 bits per heavy atom. The van der Waals surface area contributed by atoms with Gasteiger partial charge in [-0.2, -0.15) is 11.8 Å². The number of hydrogen-bond acceptors (Lipinski definition) is 4. The van der Waals surface area contributed by atoms with Gasteiger partial charge in [0.2, 0.25) is 0 Å². The molecule has 0 aromatic rings. The van der Waals surface area contributed by atoms with Crippen LogP contribution in [0.1, 0.15) is 32.6 Å². The number of methoxy groups -OCH3 is 1. The van der Waals surface area contributed by atoms with Crippen molar-refractivity contribution in [2.45, 2.75) is 43.9 Å². The van der Waals surface area contributed by atoms with E-state index in [1.54, 1.807) is 0 Å². The Labute approximate surface area is 96.3 Å². The van der Waals surface area contributed by atoms with E-state index in [1.165, 1.54) is 32.1 Å². The Kier molecular flexibility index (Phi) is 6.10. The van der Waals surface area contributed by atoms with Gasteiger partial charge in [0, 0.05) is 11.8 Å². The first-order valence-corrected chi connectivity index (χ1v) is 6.75. The Morgan fingerprint density at radius 1 is 1.60 bits per heavy atom. The van der Waals surface area contributed by atoms with Crippen molar-refractivity contribution in [3.05, 3.63) is 0 Å². The molecule has 4 heteroatoms. The molecule has 1 aliphatic heterocycles. The molecule has 0 radical (unpaired) electrons. The standard InChI is InChI=1S/C11H21NO2S/c1-3-10(11(13)14-2)12-8-9-6-4-5-7-15-9/h9-10,12H,3-8H2,1-2H3. The predicted molar refractivity (Wildman–Crippen MR) is 64.2 cm³/mol. The van der Waals surface area contributed by atoms with E-state index in [-0.39, 0.29) is 12.0 Å². The molecule has 88 valence electrons. The topological polar surface area (TPSA) is 38.3 Å². The van der Waals surface area contributed by atoms with E-state index in [9.17, 15) is 4.79 Å². The van der Waals surface area contributed by atoms with E-state index < -0.39 is 0 Å². The minimum Gasteiger partial charge on any atom is -0.468 e. The summed E-state index contributed by atoms with van der Waals surface area (Å²) in [7, 11) is 1.45. The van der Waals surface area contributed by atoms with Gasteiger partial charge < -0.3 is 10.1 Å². The van der Waals surface area contributed by atoms with Gasteiger partial charge in [0.1, 0.15) is 6.04 Å². The minimum atomic E-state index is -0.140. The van der Waals surface area contributed by atoms with Crippen molar-refractivity contribution >= 4 is 17.7 Å². The maximum Gasteiger partial charge on any atom is 0.322 e. The van der Waals surface area contributed by atoms with E-state index >= 15 is 0 Å². The molecule has 0 saturated carbocycles. The van der Waals surface area contributed by atoms with Crippen LogP contribution in [0.5, 0.6) is 0 Å². The second-order valence-corrected chi connectivity index (χ2v) is 5.29. The molecule has 1 rings (SSSR count). The van der Waals surface area contributed by atoms with Crippen LogP contribution in [0.3, 0.4) is 0 Å². The first kappa shape index (κ1) is 12.8. The van der Waals surface area contributed by atoms with Crippen LogP contribution >= 0.6 is 11.8 Å². The largest absolute Gasteiger partial charge is 0.468 e. The van der Waals surface area contributed by atoms with Crippen LogP contribution in [0.2, 0.25) is 0 Å². The second-order valence-electron chi connectivity index (χ2n) is 3.88. The van der Waals surface area contributed by atoms with Crippen LogP contribution in [0.25, 0.3) is 0 Å². The number of esters is 1. The molecule has 0 aromatic carbocycles. The van der Waals surface area contributed by atoms with E-state index in [0.717, 1.165) is 13.0 Å². The van der Waals surface area contributed by atoms with Crippen molar-refractivity contribution in [1.82, 2.24) is 5.32 Å². The van der Waals surface area contributed by atoms with E-state index in [2.05, 4.69) is 5.32 Å². The number of nitrogens with one attached hydrogen (secondary N) is 1. The molecular formula is C11H21NO2S. The van der Waals surface area contributed by atoms with E-state index in [1.807, 2.05) is 18.7 Å². The first-order valence-electron chi connectivity index (χ1n) is 5.70. The highest BCUT2D eigenvalue weighted by atomic mass is 32.2. The second kappa shape index (κ2) is 7.12. The fourth-order valence-electron chi connectivity index (χ4n) is 1.78. The van der Waals surface area contributed by atoms with Crippen LogP contribution in [0.15, 0.2) is 0 Å². The van der Waals surface area contributed by atoms with Gasteiger partial charge in [0.25, 0.3) is 0 Å². The average molecular weight is 231 g/mol. The molecule has 1 N–H and O–H groups in total. The van der Waals surface area contributed by atoms with Gasteiger partial charge in [-0.25, -0.2) is 0 Å². The summed E-state index contributed by atoms with van der Waals surface area (Å²) in [6.45, 7) is 2.93. The van der Waals surface area contributed by atoms with Gasteiger partial charge in [0.05, 0.1) is 7.11 Å². The van der Waals surface area contributed by atoms with Crippen molar-refractivity contribution in [3.63, 3.8) is 0 Å². The Balaban J connectivity index is 2.23. The van der Waals surface area contributed by atoms with Crippen molar-refractivity contribution in [1.29, 1.82) is 0 Å². The zero-order valence-corrected chi connectivity index (χ0v) is 10.4. The lowest BCUT2D eigenvalue weighted by Gasteiger charge is -2.23. The molecule has 0 spiro atoms. The summed E-state index contributed by atoms with van der Waals surface area (Å²) < 4.78 is 4.73. The molecular weight excluding hydrogens is 210 g/mol. The van der Waals surface area contributed by atoms with Gasteiger partial charge in [-0.15, -0.1) is 0 Å². The molecule has 3 nitrogen and oxygen atoms in total. The fourth-order valence-corrected chi connectivity index (χ4v) is 3.03. The highest BCUT2D eigenvalue weighted by Gasteiger charge is 2.19. The fraction of sp³-hybridized carbons (Fsp3) is 0.909. The SMILES string of the molecule is CCC(NCC1CCCCS1)C(=O)OC. The third-order valence-electron chi connectivity index (χ3n) is 2.76. The maximum atomic E-state index is 11.3. The number of hydrogen-bond donors (Lipinski definition) is 1. The number of carbonyl (C=O) groups is 1. The van der Waals surface area contributed by atoms with Crippen molar-refractivity contribution in [2.75, 3.05) is 19.4 Å². The van der Waals surface area contributed by atoms with E-state index in [0.29, 0.717) is 5.25 Å². The van der Waals surface area contributed by atoms with E-state index in [4.69, 9.17) is 4.74 Å². The lowest BCUT2D eigenvalue weighted by molar-refractivity contribution is -0.143. The summed E-state index contributed by atoms with van der Waals surface area (Å²) in [6, 6.07) is -0.127. The maximum absolute atomic E-state index is 11.3. The summed E-state index contributed by atoms with van der Waals surface area (Å²) in [6.07, 6.45) is 4.74. The molecule has 1 heterocycles. The van der Waals surface area contributed by atoms with Gasteiger partial charge in [-0.1, -0.05) is 13.3 Å². The van der Waals surface area contributed by atoms with Crippen LogP contribution in [-0.2, 0) is 9.53 Å². The van der Waals surface area contributed by atoms with Crippen LogP contribution in [0.4, 0.5) is 0 Å². The van der Waals surface area contributed by atoms with Crippen molar-refractivity contribution in [2.24, 2.45) is 0 Å². The molecule has 1 aliphatic rings. The lowest BCUT2D eigenvalue weighted by Crippen LogP contribution is -2.40. The number of thioether (sulfide) groups is 1. The smallest absolute Gasteiger partial charge is 0.322 e. The molecule has 0 aliphatic carbocycles. The van der Waals surface area contributed by atoms with Gasteiger partial charge in [0.15, 0.2) is 0 Å². The zero-order valence-electron chi connectivity index (χ0n) is 9.62. The molecule has 2 atom stereocenters. The summed E-state index contributed by atoms with van der Waals surface area (Å²) in [4.78, 5) is 11.3. The summed E-state index contributed by atoms with van der Waals surface area (Å²) in [5.74, 6) is 1.12. The molecule has 1 fully saturated rings. The normalized spacial score (nSPS) is 23.5. The monoisotopic (exact) mass is 231 g/mol. The first-order chi connectivity index (χ1) is 7.27. The average Bonchev–Trinajstić information content (AvgIpc) is 2.31. The van der Waals surface area contributed by atoms with Crippen molar-refractivity contribution < 1.29 is 9.53 Å². The number of rotatable bonds is 5. The molecule has 1 saturated heterocycles. The summed E-state index contributed by atoms with van der Waals surface area (Å²) in [5, 5.41) is 3.97. The highest BCUT2D eigenvalue weighted by Crippen LogP contribution is 2.24. The Bertz CT molecular complexity index is 193. The zero-order chi connectivity index (χ0) is 11.1. The molecule has 0 aromatic heterocycles. The third-order valence-corrected chi connectivity index (χ3v) is 4.16.